The zero-order valence-electron chi connectivity index (χ0n) is 4.77. The first-order valence-electron chi connectivity index (χ1n) is 2.42. The van der Waals surface area contributed by atoms with Gasteiger partial charge in [0.2, 0.25) is 5.76 Å². The van der Waals surface area contributed by atoms with Crippen LogP contribution < -0.4 is 5.73 Å². The summed E-state index contributed by atoms with van der Waals surface area (Å²) < 4.78 is 39.1. The molecule has 0 amide bonds. The molecule has 2 nitrogen and oxygen atoms in total. The molecule has 0 aliphatic heterocycles. The standard InChI is InChI=1S/C5H4F3NO/c6-5(7,8)3-1-2-4(9)10-3/h1-2H,9H2. The molecule has 1 aromatic heterocycles. The highest BCUT2D eigenvalue weighted by Gasteiger charge is 2.34. The van der Waals surface area contributed by atoms with Crippen molar-refractivity contribution in [3.05, 3.63) is 17.9 Å². The lowest BCUT2D eigenvalue weighted by molar-refractivity contribution is -0.152. The van der Waals surface area contributed by atoms with Crippen LogP contribution in [0.25, 0.3) is 0 Å². The lowest BCUT2D eigenvalue weighted by Gasteiger charge is -1.99. The van der Waals surface area contributed by atoms with E-state index in [1.165, 1.54) is 0 Å². The molecule has 0 aliphatic rings. The quantitative estimate of drug-likeness (QED) is 0.614. The summed E-state index contributed by atoms with van der Waals surface area (Å²) >= 11 is 0. The van der Waals surface area contributed by atoms with E-state index in [1.54, 1.807) is 0 Å². The van der Waals surface area contributed by atoms with Gasteiger partial charge in [0.15, 0.2) is 5.88 Å². The Morgan fingerprint density at radius 1 is 1.30 bits per heavy atom. The molecule has 0 aliphatic carbocycles. The number of hydrogen-bond donors (Lipinski definition) is 1. The van der Waals surface area contributed by atoms with Gasteiger partial charge in [-0.05, 0) is 6.07 Å². The minimum absolute atomic E-state index is 0.229. The van der Waals surface area contributed by atoms with Crippen molar-refractivity contribution in [1.29, 1.82) is 0 Å². The second-order valence-corrected chi connectivity index (χ2v) is 1.70. The number of hydrogen-bond acceptors (Lipinski definition) is 2. The van der Waals surface area contributed by atoms with E-state index < -0.39 is 11.9 Å². The first kappa shape index (κ1) is 6.98. The Balaban J connectivity index is 2.96. The predicted octanol–water partition coefficient (Wildman–Crippen LogP) is 1.88. The van der Waals surface area contributed by atoms with E-state index in [-0.39, 0.29) is 5.88 Å². The third kappa shape index (κ3) is 1.23. The van der Waals surface area contributed by atoms with Crippen LogP contribution in [0.1, 0.15) is 5.76 Å². The number of furan rings is 1. The third-order valence-electron chi connectivity index (χ3n) is 0.906. The molecule has 0 aromatic carbocycles. The van der Waals surface area contributed by atoms with Gasteiger partial charge in [-0.15, -0.1) is 0 Å². The summed E-state index contributed by atoms with van der Waals surface area (Å²) in [7, 11) is 0. The summed E-state index contributed by atoms with van der Waals surface area (Å²) in [6, 6.07) is 1.85. The van der Waals surface area contributed by atoms with Crippen molar-refractivity contribution in [2.45, 2.75) is 6.18 Å². The van der Waals surface area contributed by atoms with Crippen LogP contribution in [0, 0.1) is 0 Å². The molecule has 10 heavy (non-hydrogen) atoms. The molecule has 0 unspecified atom stereocenters. The average Bonchev–Trinajstić information content (AvgIpc) is 2.11. The molecule has 0 fully saturated rings. The van der Waals surface area contributed by atoms with Gasteiger partial charge in [-0.2, -0.15) is 13.2 Å². The van der Waals surface area contributed by atoms with Crippen LogP contribution in [0.4, 0.5) is 19.1 Å². The van der Waals surface area contributed by atoms with Crippen LogP contribution >= 0.6 is 0 Å². The first-order chi connectivity index (χ1) is 4.50. The van der Waals surface area contributed by atoms with Crippen LogP contribution in [-0.4, -0.2) is 0 Å². The van der Waals surface area contributed by atoms with E-state index in [1.807, 2.05) is 0 Å². The normalized spacial score (nSPS) is 11.9. The number of alkyl halides is 3. The van der Waals surface area contributed by atoms with Crippen LogP contribution in [0.15, 0.2) is 16.5 Å². The van der Waals surface area contributed by atoms with Gasteiger partial charge in [0.25, 0.3) is 0 Å². The summed E-state index contributed by atoms with van der Waals surface area (Å²) in [6.45, 7) is 0. The molecular weight excluding hydrogens is 147 g/mol. The van der Waals surface area contributed by atoms with Gasteiger partial charge in [-0.25, -0.2) is 0 Å². The van der Waals surface area contributed by atoms with Crippen LogP contribution in [-0.2, 0) is 6.18 Å². The topological polar surface area (TPSA) is 39.2 Å². The van der Waals surface area contributed by atoms with E-state index in [0.717, 1.165) is 12.1 Å². The second-order valence-electron chi connectivity index (χ2n) is 1.70. The number of anilines is 1. The molecular formula is C5H4F3NO. The summed E-state index contributed by atoms with van der Waals surface area (Å²) in [4.78, 5) is 0. The Labute approximate surface area is 54.4 Å². The van der Waals surface area contributed by atoms with E-state index >= 15 is 0 Å². The van der Waals surface area contributed by atoms with Crippen LogP contribution in [0.5, 0.6) is 0 Å². The maximum Gasteiger partial charge on any atom is 0.449 e. The van der Waals surface area contributed by atoms with Crippen molar-refractivity contribution in [2.24, 2.45) is 0 Å². The van der Waals surface area contributed by atoms with Gasteiger partial charge in [-0.3, -0.25) is 0 Å². The van der Waals surface area contributed by atoms with Crippen molar-refractivity contribution < 1.29 is 17.6 Å². The predicted molar refractivity (Wildman–Crippen MR) is 28.1 cm³/mol. The molecule has 0 atom stereocenters. The van der Waals surface area contributed by atoms with Crippen LogP contribution in [0.2, 0.25) is 0 Å². The Morgan fingerprint density at radius 2 is 1.90 bits per heavy atom. The van der Waals surface area contributed by atoms with Crippen molar-refractivity contribution in [3.8, 4) is 0 Å². The molecule has 0 radical (unpaired) electrons. The maximum absolute atomic E-state index is 11.7. The SMILES string of the molecule is Nc1ccc(C(F)(F)F)o1. The Bertz CT molecular complexity index is 227. The molecule has 56 valence electrons. The highest BCUT2D eigenvalue weighted by atomic mass is 19.4. The largest absolute Gasteiger partial charge is 0.449 e. The zero-order chi connectivity index (χ0) is 7.78. The molecule has 0 spiro atoms. The monoisotopic (exact) mass is 151 g/mol. The molecule has 2 N–H and O–H groups in total. The van der Waals surface area contributed by atoms with Crippen molar-refractivity contribution >= 4 is 5.88 Å². The first-order valence-corrected chi connectivity index (χ1v) is 2.42. The number of halogens is 3. The third-order valence-corrected chi connectivity index (χ3v) is 0.906. The van der Waals surface area contributed by atoms with E-state index in [2.05, 4.69) is 4.42 Å². The zero-order valence-corrected chi connectivity index (χ0v) is 4.77. The lowest BCUT2D eigenvalue weighted by Crippen LogP contribution is -2.02. The number of nitrogens with two attached hydrogens (primary N) is 1. The second kappa shape index (κ2) is 1.93. The lowest BCUT2D eigenvalue weighted by atomic mass is 10.4. The van der Waals surface area contributed by atoms with Gasteiger partial charge in [0.1, 0.15) is 0 Å². The van der Waals surface area contributed by atoms with Crippen LogP contribution in [0.3, 0.4) is 0 Å². The van der Waals surface area contributed by atoms with Gasteiger partial charge in [-0.1, -0.05) is 0 Å². The van der Waals surface area contributed by atoms with E-state index in [4.69, 9.17) is 5.73 Å². The molecule has 1 rings (SSSR count). The molecule has 1 heterocycles. The highest BCUT2D eigenvalue weighted by molar-refractivity contribution is 5.26. The molecule has 0 bridgehead atoms. The van der Waals surface area contributed by atoms with Gasteiger partial charge in [0.05, 0.1) is 0 Å². The molecule has 1 aromatic rings. The summed E-state index contributed by atoms with van der Waals surface area (Å²) in [5, 5.41) is 0. The fraction of sp³-hybridized carbons (Fsp3) is 0.200. The molecule has 0 saturated heterocycles. The summed E-state index contributed by atoms with van der Waals surface area (Å²) in [6.07, 6.45) is -4.43. The number of rotatable bonds is 0. The molecule has 5 heteroatoms. The van der Waals surface area contributed by atoms with Gasteiger partial charge in [0, 0.05) is 6.07 Å². The van der Waals surface area contributed by atoms with E-state index in [9.17, 15) is 13.2 Å². The maximum atomic E-state index is 11.7. The average molecular weight is 151 g/mol. The van der Waals surface area contributed by atoms with E-state index in [0.29, 0.717) is 0 Å². The minimum Gasteiger partial charge on any atom is -0.436 e. The van der Waals surface area contributed by atoms with Gasteiger partial charge >= 0.3 is 6.18 Å². The summed E-state index contributed by atoms with van der Waals surface area (Å²) in [5.74, 6) is -1.29. The Morgan fingerprint density at radius 3 is 2.10 bits per heavy atom. The van der Waals surface area contributed by atoms with Gasteiger partial charge < -0.3 is 10.2 Å². The number of nitrogen functional groups attached to an aromatic ring is 1. The van der Waals surface area contributed by atoms with Crippen molar-refractivity contribution in [2.75, 3.05) is 5.73 Å². The Hall–Kier alpha value is -1.13. The molecule has 0 saturated carbocycles. The fourth-order valence-electron chi connectivity index (χ4n) is 0.505. The highest BCUT2D eigenvalue weighted by Crippen LogP contribution is 2.30. The fourth-order valence-corrected chi connectivity index (χ4v) is 0.505. The van der Waals surface area contributed by atoms with Crippen molar-refractivity contribution in [3.63, 3.8) is 0 Å². The smallest absolute Gasteiger partial charge is 0.436 e. The summed E-state index contributed by atoms with van der Waals surface area (Å²) in [5.41, 5.74) is 4.91. The Kier molecular flexibility index (Phi) is 1.35. The van der Waals surface area contributed by atoms with Crippen molar-refractivity contribution in [1.82, 2.24) is 0 Å². The minimum atomic E-state index is -4.43.